The van der Waals surface area contributed by atoms with E-state index in [1.807, 2.05) is 54.6 Å². The Balaban J connectivity index is 1.60. The summed E-state index contributed by atoms with van der Waals surface area (Å²) in [6, 6.07) is 21.5. The minimum Gasteiger partial charge on any atom is -0.488 e. The second kappa shape index (κ2) is 11.4. The monoisotopic (exact) mass is 525 g/mol. The summed E-state index contributed by atoms with van der Waals surface area (Å²) in [5, 5.41) is 0. The minimum atomic E-state index is -3.40. The van der Waals surface area contributed by atoms with Crippen molar-refractivity contribution in [1.82, 2.24) is 4.72 Å². The average Bonchev–Trinajstić information content (AvgIpc) is 3.31. The van der Waals surface area contributed by atoms with Crippen LogP contribution in [-0.4, -0.2) is 33.3 Å². The van der Waals surface area contributed by atoms with Crippen molar-refractivity contribution in [3.05, 3.63) is 89.7 Å². The molecule has 1 saturated carbocycles. The van der Waals surface area contributed by atoms with Gasteiger partial charge in [0.05, 0.1) is 18.3 Å². The number of benzene rings is 3. The molecule has 0 radical (unpaired) electrons. The third-order valence-corrected chi connectivity index (χ3v) is 8.39. The van der Waals surface area contributed by atoms with Gasteiger partial charge in [-0.3, -0.25) is 4.79 Å². The van der Waals surface area contributed by atoms with Crippen LogP contribution in [0, 0.1) is 11.2 Å². The predicted octanol–water partition coefficient (Wildman–Crippen LogP) is 5.27. The smallest absolute Gasteiger partial charge is 0.312 e. The molecule has 0 heterocycles. The number of hydrogen-bond acceptors (Lipinski definition) is 5. The van der Waals surface area contributed by atoms with Crippen LogP contribution in [0.1, 0.15) is 37.3 Å². The van der Waals surface area contributed by atoms with Gasteiger partial charge in [0.2, 0.25) is 10.0 Å². The van der Waals surface area contributed by atoms with Crippen LogP contribution in [0.25, 0.3) is 11.1 Å². The highest BCUT2D eigenvalue weighted by atomic mass is 32.2. The number of sulfonamides is 1. The molecule has 3 aromatic rings. The Morgan fingerprint density at radius 2 is 1.76 bits per heavy atom. The quantitative estimate of drug-likeness (QED) is 0.365. The zero-order chi connectivity index (χ0) is 26.5. The maximum Gasteiger partial charge on any atom is 0.312 e. The summed E-state index contributed by atoms with van der Waals surface area (Å²) in [6.45, 7) is 1.92. The van der Waals surface area contributed by atoms with Crippen molar-refractivity contribution in [2.45, 2.75) is 45.3 Å². The van der Waals surface area contributed by atoms with Gasteiger partial charge in [-0.2, -0.15) is 0 Å². The van der Waals surface area contributed by atoms with Gasteiger partial charge >= 0.3 is 5.97 Å². The number of ether oxygens (including phenoxy) is 2. The van der Waals surface area contributed by atoms with E-state index >= 15 is 4.39 Å². The first-order valence-electron chi connectivity index (χ1n) is 12.4. The number of hydrogen-bond donors (Lipinski definition) is 1. The molecule has 8 heteroatoms. The number of nitrogens with one attached hydrogen (secondary N) is 1. The summed E-state index contributed by atoms with van der Waals surface area (Å²) >= 11 is 0. The molecule has 2 atom stereocenters. The third-order valence-electron chi connectivity index (χ3n) is 6.94. The summed E-state index contributed by atoms with van der Waals surface area (Å²) in [5.74, 6) is -0.253. The molecule has 1 N–H and O–H groups in total. The van der Waals surface area contributed by atoms with Crippen LogP contribution < -0.4 is 9.46 Å². The highest BCUT2D eigenvalue weighted by Gasteiger charge is 2.47. The van der Waals surface area contributed by atoms with Crippen molar-refractivity contribution in [2.24, 2.45) is 5.41 Å². The van der Waals surface area contributed by atoms with Crippen molar-refractivity contribution < 1.29 is 27.1 Å². The van der Waals surface area contributed by atoms with Crippen molar-refractivity contribution in [3.63, 3.8) is 0 Å². The fourth-order valence-electron chi connectivity index (χ4n) is 5.03. The van der Waals surface area contributed by atoms with Crippen LogP contribution >= 0.6 is 0 Å². The zero-order valence-corrected chi connectivity index (χ0v) is 21.9. The number of para-hydroxylation sites is 1. The van der Waals surface area contributed by atoms with Gasteiger partial charge < -0.3 is 9.47 Å². The average molecular weight is 526 g/mol. The van der Waals surface area contributed by atoms with Gasteiger partial charge in [-0.1, -0.05) is 54.6 Å². The molecular weight excluding hydrogens is 493 g/mol. The van der Waals surface area contributed by atoms with Crippen LogP contribution in [0.15, 0.2) is 72.8 Å². The van der Waals surface area contributed by atoms with E-state index in [1.165, 1.54) is 13.2 Å². The largest absolute Gasteiger partial charge is 0.488 e. The fraction of sp³-hybridized carbons (Fsp3) is 0.345. The normalized spacial score (nSPS) is 19.5. The maximum absolute atomic E-state index is 15.1. The van der Waals surface area contributed by atoms with E-state index < -0.39 is 21.3 Å². The number of carbonyl (C=O) groups is 1. The Hall–Kier alpha value is -3.23. The number of esters is 1. The first-order chi connectivity index (χ1) is 17.7. The fourth-order valence-corrected chi connectivity index (χ4v) is 5.90. The summed E-state index contributed by atoms with van der Waals surface area (Å²) in [5.41, 5.74) is 1.86. The van der Waals surface area contributed by atoms with E-state index in [4.69, 9.17) is 9.47 Å². The standard InChI is InChI=1S/C29H32FNO5S/c1-3-37(33,34)31-23-15-16-29(19-23,28(32)35-2)18-22-13-14-26(30)25(17-22)24-11-7-8-12-27(24)36-20-21-9-5-4-6-10-21/h4-14,17,23,31H,3,15-16,18-20H2,1-2H3/t23-,29+/m0/s1. The third kappa shape index (κ3) is 6.37. The molecule has 6 nitrogen and oxygen atoms in total. The lowest BCUT2D eigenvalue weighted by Crippen LogP contribution is -2.38. The molecule has 0 aromatic heterocycles. The van der Waals surface area contributed by atoms with Gasteiger partial charge in [0.1, 0.15) is 18.2 Å². The molecule has 0 spiro atoms. The molecule has 0 unspecified atom stereocenters. The Morgan fingerprint density at radius 1 is 1.03 bits per heavy atom. The number of rotatable bonds is 10. The maximum atomic E-state index is 15.1. The SMILES string of the molecule is CCS(=O)(=O)N[C@H]1CC[C@](Cc2ccc(F)c(-c3ccccc3OCc3ccccc3)c2)(C(=O)OC)C1. The number of carbonyl (C=O) groups excluding carboxylic acids is 1. The van der Waals surface area contributed by atoms with Gasteiger partial charge in [0.15, 0.2) is 0 Å². The van der Waals surface area contributed by atoms with Crippen LogP contribution in [0.4, 0.5) is 4.39 Å². The number of halogens is 1. The Kier molecular flexibility index (Phi) is 8.29. The number of methoxy groups -OCH3 is 1. The van der Waals surface area contributed by atoms with Gasteiger partial charge in [-0.25, -0.2) is 17.5 Å². The molecule has 0 bridgehead atoms. The molecule has 1 fully saturated rings. The first kappa shape index (κ1) is 26.8. The van der Waals surface area contributed by atoms with Gasteiger partial charge in [-0.05, 0) is 61.9 Å². The van der Waals surface area contributed by atoms with Gasteiger partial charge in [-0.15, -0.1) is 0 Å². The zero-order valence-electron chi connectivity index (χ0n) is 21.1. The van der Waals surface area contributed by atoms with Crippen molar-refractivity contribution in [3.8, 4) is 16.9 Å². The van der Waals surface area contributed by atoms with E-state index in [0.29, 0.717) is 49.2 Å². The van der Waals surface area contributed by atoms with Crippen LogP contribution in [0.2, 0.25) is 0 Å². The Bertz CT molecular complexity index is 1350. The first-order valence-corrected chi connectivity index (χ1v) is 14.0. The van der Waals surface area contributed by atoms with E-state index in [-0.39, 0.29) is 17.8 Å². The van der Waals surface area contributed by atoms with Crippen molar-refractivity contribution >= 4 is 16.0 Å². The highest BCUT2D eigenvalue weighted by molar-refractivity contribution is 7.89. The van der Waals surface area contributed by atoms with E-state index in [0.717, 1.165) is 11.1 Å². The molecule has 0 amide bonds. The molecule has 4 rings (SSSR count). The lowest BCUT2D eigenvalue weighted by molar-refractivity contribution is -0.152. The molecule has 37 heavy (non-hydrogen) atoms. The summed E-state index contributed by atoms with van der Waals surface area (Å²) in [4.78, 5) is 12.9. The van der Waals surface area contributed by atoms with E-state index in [9.17, 15) is 13.2 Å². The molecule has 1 aliphatic rings. The molecule has 0 aliphatic heterocycles. The molecule has 3 aromatic carbocycles. The van der Waals surface area contributed by atoms with E-state index in [2.05, 4.69) is 4.72 Å². The van der Waals surface area contributed by atoms with Crippen LogP contribution in [0.3, 0.4) is 0 Å². The highest BCUT2D eigenvalue weighted by Crippen LogP contribution is 2.43. The lowest BCUT2D eigenvalue weighted by atomic mass is 9.79. The summed E-state index contributed by atoms with van der Waals surface area (Å²) < 4.78 is 53.2. The molecule has 1 aliphatic carbocycles. The van der Waals surface area contributed by atoms with Crippen LogP contribution in [0.5, 0.6) is 5.75 Å². The second-order valence-corrected chi connectivity index (χ2v) is 11.5. The summed E-state index contributed by atoms with van der Waals surface area (Å²) in [6.07, 6.45) is 1.63. The molecule has 0 saturated heterocycles. The van der Waals surface area contributed by atoms with Gasteiger partial charge in [0.25, 0.3) is 0 Å². The minimum absolute atomic E-state index is 0.0260. The Labute approximate surface area is 217 Å². The topological polar surface area (TPSA) is 81.7 Å². The van der Waals surface area contributed by atoms with Crippen molar-refractivity contribution in [2.75, 3.05) is 12.9 Å². The van der Waals surface area contributed by atoms with Crippen molar-refractivity contribution in [1.29, 1.82) is 0 Å². The van der Waals surface area contributed by atoms with Crippen LogP contribution in [-0.2, 0) is 32.6 Å². The second-order valence-electron chi connectivity index (χ2n) is 9.49. The molecular formula is C29H32FNO5S. The lowest BCUT2D eigenvalue weighted by Gasteiger charge is -2.27. The Morgan fingerprint density at radius 3 is 2.49 bits per heavy atom. The summed E-state index contributed by atoms with van der Waals surface area (Å²) in [7, 11) is -2.07. The predicted molar refractivity (Wildman–Crippen MR) is 141 cm³/mol. The molecule has 196 valence electrons. The van der Waals surface area contributed by atoms with Gasteiger partial charge in [0, 0.05) is 17.2 Å². The van der Waals surface area contributed by atoms with E-state index in [1.54, 1.807) is 19.1 Å².